The molecular formula is C23H27BrN4O4. The van der Waals surface area contributed by atoms with Crippen LogP contribution in [-0.4, -0.2) is 46.1 Å². The maximum absolute atomic E-state index is 13.3. The SMILES string of the molecule is CC(C)(C)OC(=O)N(CC1CCOCC1)c1cc(Oc2ccccc2)nc2c(Br)cnn12. The van der Waals surface area contributed by atoms with Gasteiger partial charge < -0.3 is 14.2 Å². The second-order valence-electron chi connectivity index (χ2n) is 8.74. The van der Waals surface area contributed by atoms with E-state index in [0.717, 1.165) is 12.8 Å². The largest absolute Gasteiger partial charge is 0.443 e. The topological polar surface area (TPSA) is 78.2 Å². The molecule has 0 aliphatic carbocycles. The van der Waals surface area contributed by atoms with Gasteiger partial charge in [-0.1, -0.05) is 18.2 Å². The molecule has 1 aliphatic rings. The van der Waals surface area contributed by atoms with Crippen LogP contribution in [0.25, 0.3) is 5.65 Å². The van der Waals surface area contributed by atoms with Gasteiger partial charge >= 0.3 is 6.09 Å². The van der Waals surface area contributed by atoms with Gasteiger partial charge in [0.15, 0.2) is 5.65 Å². The number of ether oxygens (including phenoxy) is 3. The number of benzene rings is 1. The van der Waals surface area contributed by atoms with Gasteiger partial charge in [-0.15, -0.1) is 0 Å². The highest BCUT2D eigenvalue weighted by Crippen LogP contribution is 2.31. The monoisotopic (exact) mass is 502 g/mol. The summed E-state index contributed by atoms with van der Waals surface area (Å²) in [5.74, 6) is 1.84. The summed E-state index contributed by atoms with van der Waals surface area (Å²) < 4.78 is 19.6. The first-order valence-electron chi connectivity index (χ1n) is 10.7. The van der Waals surface area contributed by atoms with Gasteiger partial charge in [-0.3, -0.25) is 4.90 Å². The number of fused-ring (bicyclic) bond motifs is 1. The van der Waals surface area contributed by atoms with Crippen molar-refractivity contribution in [3.05, 3.63) is 47.1 Å². The molecule has 0 unspecified atom stereocenters. The minimum Gasteiger partial charge on any atom is -0.443 e. The van der Waals surface area contributed by atoms with Gasteiger partial charge in [0.1, 0.15) is 17.2 Å². The Morgan fingerprint density at radius 2 is 1.97 bits per heavy atom. The third kappa shape index (κ3) is 5.39. The number of carbonyl (C=O) groups excluding carboxylic acids is 1. The molecule has 2 aromatic heterocycles. The molecule has 4 rings (SSSR count). The van der Waals surface area contributed by atoms with Gasteiger partial charge in [0, 0.05) is 25.8 Å². The number of halogens is 1. The molecule has 8 nitrogen and oxygen atoms in total. The zero-order valence-corrected chi connectivity index (χ0v) is 20.0. The van der Waals surface area contributed by atoms with E-state index in [1.807, 2.05) is 51.1 Å². The van der Waals surface area contributed by atoms with Gasteiger partial charge in [-0.2, -0.15) is 14.6 Å². The smallest absolute Gasteiger partial charge is 0.416 e. The molecule has 1 saturated heterocycles. The van der Waals surface area contributed by atoms with Crippen molar-refractivity contribution in [3.8, 4) is 11.6 Å². The highest BCUT2D eigenvalue weighted by atomic mass is 79.9. The van der Waals surface area contributed by atoms with Crippen molar-refractivity contribution < 1.29 is 19.0 Å². The summed E-state index contributed by atoms with van der Waals surface area (Å²) in [6.07, 6.45) is 2.97. The lowest BCUT2D eigenvalue weighted by molar-refractivity contribution is 0.0512. The molecule has 1 amide bonds. The number of amides is 1. The first-order valence-corrected chi connectivity index (χ1v) is 11.4. The number of hydrogen-bond donors (Lipinski definition) is 0. The Morgan fingerprint density at radius 1 is 1.25 bits per heavy atom. The number of anilines is 1. The third-order valence-electron chi connectivity index (χ3n) is 5.02. The molecule has 0 saturated carbocycles. The van der Waals surface area contributed by atoms with E-state index in [-0.39, 0.29) is 5.92 Å². The average Bonchev–Trinajstić information content (AvgIpc) is 3.13. The van der Waals surface area contributed by atoms with Crippen LogP contribution in [0.2, 0.25) is 0 Å². The molecular weight excluding hydrogens is 476 g/mol. The van der Waals surface area contributed by atoms with Crippen LogP contribution < -0.4 is 9.64 Å². The van der Waals surface area contributed by atoms with Crippen molar-refractivity contribution in [2.75, 3.05) is 24.7 Å². The minimum absolute atomic E-state index is 0.289. The number of aromatic nitrogens is 3. The van der Waals surface area contributed by atoms with Crippen LogP contribution >= 0.6 is 15.9 Å². The van der Waals surface area contributed by atoms with E-state index in [9.17, 15) is 4.79 Å². The van der Waals surface area contributed by atoms with Crippen LogP contribution in [0.3, 0.4) is 0 Å². The molecule has 170 valence electrons. The second kappa shape index (κ2) is 9.46. The van der Waals surface area contributed by atoms with Crippen molar-refractivity contribution in [2.24, 2.45) is 5.92 Å². The standard InChI is InChI=1S/C23H27BrN4O4/c1-23(2,3)32-22(29)27(15-16-9-11-30-12-10-16)20-13-19(31-17-7-5-4-6-8-17)26-21-18(24)14-25-28(20)21/h4-8,13-14,16H,9-12,15H2,1-3H3. The first kappa shape index (κ1) is 22.5. The summed E-state index contributed by atoms with van der Waals surface area (Å²) >= 11 is 3.50. The normalized spacial score (nSPS) is 15.0. The molecule has 0 spiro atoms. The van der Waals surface area contributed by atoms with Gasteiger partial charge in [-0.05, 0) is 67.6 Å². The third-order valence-corrected chi connectivity index (χ3v) is 5.58. The van der Waals surface area contributed by atoms with Crippen LogP contribution in [0.1, 0.15) is 33.6 Å². The Kier molecular flexibility index (Phi) is 6.66. The van der Waals surface area contributed by atoms with Crippen molar-refractivity contribution in [1.82, 2.24) is 14.6 Å². The summed E-state index contributed by atoms with van der Waals surface area (Å²) in [5, 5.41) is 4.44. The number of rotatable bonds is 5. The molecule has 0 bridgehead atoms. The van der Waals surface area contributed by atoms with Crippen molar-refractivity contribution in [3.63, 3.8) is 0 Å². The summed E-state index contributed by atoms with van der Waals surface area (Å²) in [4.78, 5) is 19.5. The maximum Gasteiger partial charge on any atom is 0.416 e. The van der Waals surface area contributed by atoms with Crippen molar-refractivity contribution in [2.45, 2.75) is 39.2 Å². The van der Waals surface area contributed by atoms with E-state index in [1.54, 1.807) is 21.7 Å². The summed E-state index contributed by atoms with van der Waals surface area (Å²) in [6, 6.07) is 11.1. The lowest BCUT2D eigenvalue weighted by Gasteiger charge is -2.31. The predicted octanol–water partition coefficient (Wildman–Crippen LogP) is 5.45. The molecule has 32 heavy (non-hydrogen) atoms. The van der Waals surface area contributed by atoms with Crippen LogP contribution in [0.15, 0.2) is 47.1 Å². The van der Waals surface area contributed by atoms with Crippen LogP contribution in [0, 0.1) is 5.92 Å². The van der Waals surface area contributed by atoms with Crippen molar-refractivity contribution >= 4 is 33.5 Å². The van der Waals surface area contributed by atoms with E-state index >= 15 is 0 Å². The van der Waals surface area contributed by atoms with Gasteiger partial charge in [0.05, 0.1) is 10.7 Å². The maximum atomic E-state index is 13.3. The van der Waals surface area contributed by atoms with Crippen LogP contribution in [0.4, 0.5) is 10.6 Å². The van der Waals surface area contributed by atoms with E-state index in [2.05, 4.69) is 26.0 Å². The lowest BCUT2D eigenvalue weighted by Crippen LogP contribution is -2.41. The summed E-state index contributed by atoms with van der Waals surface area (Å²) in [5.41, 5.74) is -0.0837. The Bertz CT molecular complexity index is 1070. The molecule has 1 fully saturated rings. The van der Waals surface area contributed by atoms with E-state index < -0.39 is 11.7 Å². The lowest BCUT2D eigenvalue weighted by atomic mass is 10.00. The molecule has 3 heterocycles. The molecule has 1 aromatic carbocycles. The predicted molar refractivity (Wildman–Crippen MR) is 124 cm³/mol. The molecule has 1 aliphatic heterocycles. The number of nitrogens with zero attached hydrogens (tertiary/aromatic N) is 4. The molecule has 0 N–H and O–H groups in total. The Labute approximate surface area is 195 Å². The van der Waals surface area contributed by atoms with Gasteiger partial charge in [0.25, 0.3) is 0 Å². The van der Waals surface area contributed by atoms with Gasteiger partial charge in [-0.25, -0.2) is 4.79 Å². The van der Waals surface area contributed by atoms with E-state index in [4.69, 9.17) is 14.2 Å². The summed E-state index contributed by atoms with van der Waals surface area (Å²) in [6.45, 7) is 7.43. The minimum atomic E-state index is -0.634. The number of para-hydroxylation sites is 1. The molecule has 0 atom stereocenters. The highest BCUT2D eigenvalue weighted by Gasteiger charge is 2.30. The fraction of sp³-hybridized carbons (Fsp3) is 0.435. The Morgan fingerprint density at radius 3 is 2.66 bits per heavy atom. The zero-order valence-electron chi connectivity index (χ0n) is 18.5. The van der Waals surface area contributed by atoms with Crippen molar-refractivity contribution in [1.29, 1.82) is 0 Å². The fourth-order valence-electron chi connectivity index (χ4n) is 3.52. The van der Waals surface area contributed by atoms with Crippen LogP contribution in [0.5, 0.6) is 11.6 Å². The number of hydrogen-bond acceptors (Lipinski definition) is 6. The molecule has 3 aromatic rings. The quantitative estimate of drug-likeness (QED) is 0.461. The Hall–Kier alpha value is -2.65. The fourth-order valence-corrected chi connectivity index (χ4v) is 3.87. The second-order valence-corrected chi connectivity index (χ2v) is 9.60. The number of carbonyl (C=O) groups is 1. The molecule has 0 radical (unpaired) electrons. The first-order chi connectivity index (χ1) is 15.3. The average molecular weight is 503 g/mol. The zero-order chi connectivity index (χ0) is 22.7. The van der Waals surface area contributed by atoms with Crippen LogP contribution in [-0.2, 0) is 9.47 Å². The van der Waals surface area contributed by atoms with Gasteiger partial charge in [0.2, 0.25) is 5.88 Å². The Balaban J connectivity index is 1.76. The van der Waals surface area contributed by atoms with E-state index in [1.165, 1.54) is 0 Å². The summed E-state index contributed by atoms with van der Waals surface area (Å²) in [7, 11) is 0. The molecule has 9 heteroatoms. The van der Waals surface area contributed by atoms with E-state index in [0.29, 0.717) is 47.3 Å². The highest BCUT2D eigenvalue weighted by molar-refractivity contribution is 9.10.